The van der Waals surface area contributed by atoms with E-state index >= 15 is 0 Å². The number of nitrogens with zero attached hydrogens (tertiary/aromatic N) is 2. The number of fused-ring (bicyclic) bond motifs is 1. The molecule has 1 unspecified atom stereocenters. The first kappa shape index (κ1) is 25.8. The van der Waals surface area contributed by atoms with Crippen molar-refractivity contribution in [1.29, 1.82) is 0 Å². The predicted molar refractivity (Wildman–Crippen MR) is 132 cm³/mol. The van der Waals surface area contributed by atoms with Crippen LogP contribution in [0.5, 0.6) is 0 Å². The fraction of sp³-hybridized carbons (Fsp3) is 0.852. The summed E-state index contributed by atoms with van der Waals surface area (Å²) >= 11 is 0. The lowest BCUT2D eigenvalue weighted by Crippen LogP contribution is -2.56. The van der Waals surface area contributed by atoms with Crippen molar-refractivity contribution in [3.8, 4) is 0 Å². The second-order valence-electron chi connectivity index (χ2n) is 12.1. The molecule has 2 aliphatic carbocycles. The average molecular weight is 507 g/mol. The lowest BCUT2D eigenvalue weighted by Gasteiger charge is -2.43. The van der Waals surface area contributed by atoms with Gasteiger partial charge in [-0.3, -0.25) is 0 Å². The summed E-state index contributed by atoms with van der Waals surface area (Å²) in [6, 6.07) is 0. The molecule has 36 heavy (non-hydrogen) atoms. The SMILES string of the molecule is CO[C@H]1C([C@@]2(C)O[C@@H]2CC=C(C)C)[C@]2(CC[C@H]1OC(=O)N1C[C@H]3C[C@H](OC(=O)N(C)C)C[C@H]3C1)CO2. The first-order valence-electron chi connectivity index (χ1n) is 13.4. The van der Waals surface area contributed by atoms with Gasteiger partial charge in [-0.2, -0.15) is 0 Å². The summed E-state index contributed by atoms with van der Waals surface area (Å²) in [5.74, 6) is 0.697. The van der Waals surface area contributed by atoms with E-state index in [9.17, 15) is 9.59 Å². The van der Waals surface area contributed by atoms with Crippen molar-refractivity contribution in [2.45, 2.75) is 88.5 Å². The van der Waals surface area contributed by atoms with E-state index in [1.54, 1.807) is 21.2 Å². The topological polar surface area (TPSA) is 93.4 Å². The van der Waals surface area contributed by atoms with Gasteiger partial charge in [0, 0.05) is 34.3 Å². The highest BCUT2D eigenvalue weighted by atomic mass is 16.6. The normalized spacial score (nSPS) is 42.6. The second-order valence-corrected chi connectivity index (χ2v) is 12.1. The van der Waals surface area contributed by atoms with Crippen LogP contribution in [-0.4, -0.2) is 98.5 Å². The van der Waals surface area contributed by atoms with Crippen LogP contribution in [0.1, 0.15) is 52.9 Å². The Morgan fingerprint density at radius 1 is 1.14 bits per heavy atom. The first-order valence-corrected chi connectivity index (χ1v) is 13.4. The number of allylic oxidation sites excluding steroid dienone is 1. The Morgan fingerprint density at radius 2 is 1.81 bits per heavy atom. The third kappa shape index (κ3) is 4.74. The largest absolute Gasteiger partial charge is 0.446 e. The van der Waals surface area contributed by atoms with Crippen LogP contribution in [0.15, 0.2) is 11.6 Å². The van der Waals surface area contributed by atoms with Crippen molar-refractivity contribution >= 4 is 12.2 Å². The molecule has 9 heteroatoms. The summed E-state index contributed by atoms with van der Waals surface area (Å²) in [6.07, 6.45) is 5.11. The molecule has 202 valence electrons. The number of epoxide rings is 2. The highest BCUT2D eigenvalue weighted by Gasteiger charge is 2.72. The highest BCUT2D eigenvalue weighted by molar-refractivity contribution is 5.68. The van der Waals surface area contributed by atoms with E-state index in [0.29, 0.717) is 31.5 Å². The van der Waals surface area contributed by atoms with Crippen LogP contribution in [0.3, 0.4) is 0 Å². The van der Waals surface area contributed by atoms with Gasteiger partial charge >= 0.3 is 12.2 Å². The third-order valence-electron chi connectivity index (χ3n) is 9.09. The van der Waals surface area contributed by atoms with Gasteiger partial charge in [0.05, 0.1) is 18.6 Å². The van der Waals surface area contributed by atoms with Crippen LogP contribution in [0.25, 0.3) is 0 Å². The molecule has 5 rings (SSSR count). The minimum atomic E-state index is -0.349. The van der Waals surface area contributed by atoms with Gasteiger partial charge in [-0.15, -0.1) is 0 Å². The zero-order valence-corrected chi connectivity index (χ0v) is 22.5. The number of ether oxygens (including phenoxy) is 5. The van der Waals surface area contributed by atoms with Crippen molar-refractivity contribution in [3.63, 3.8) is 0 Å². The first-order chi connectivity index (χ1) is 17.1. The molecule has 0 aromatic heterocycles. The van der Waals surface area contributed by atoms with Crippen molar-refractivity contribution < 1.29 is 33.3 Å². The molecule has 0 aromatic carbocycles. The number of carbonyl (C=O) groups excluding carboxylic acids is 2. The Labute approximate surface area is 214 Å². The van der Waals surface area contributed by atoms with Crippen LogP contribution >= 0.6 is 0 Å². The van der Waals surface area contributed by atoms with Crippen molar-refractivity contribution in [2.75, 3.05) is 40.9 Å². The van der Waals surface area contributed by atoms with E-state index in [-0.39, 0.29) is 53.7 Å². The molecule has 1 spiro atoms. The highest BCUT2D eigenvalue weighted by Crippen LogP contribution is 2.59. The van der Waals surface area contributed by atoms with E-state index in [4.69, 9.17) is 23.7 Å². The Hall–Kier alpha value is -1.84. The fourth-order valence-electron chi connectivity index (χ4n) is 7.01. The van der Waals surface area contributed by atoms with E-state index < -0.39 is 0 Å². The van der Waals surface area contributed by atoms with Crippen LogP contribution < -0.4 is 0 Å². The predicted octanol–water partition coefficient (Wildman–Crippen LogP) is 3.61. The number of carbonyl (C=O) groups is 2. The monoisotopic (exact) mass is 506 g/mol. The molecular weight excluding hydrogens is 464 g/mol. The van der Waals surface area contributed by atoms with Gasteiger partial charge in [0.15, 0.2) is 0 Å². The van der Waals surface area contributed by atoms with Gasteiger partial charge < -0.3 is 33.5 Å². The second kappa shape index (κ2) is 9.48. The van der Waals surface area contributed by atoms with E-state index in [1.807, 2.05) is 4.90 Å². The zero-order valence-electron chi connectivity index (χ0n) is 22.5. The van der Waals surface area contributed by atoms with Crippen LogP contribution in [-0.2, 0) is 23.7 Å². The Balaban J connectivity index is 1.19. The minimum Gasteiger partial charge on any atom is -0.446 e. The molecule has 9 nitrogen and oxygen atoms in total. The van der Waals surface area contributed by atoms with Crippen LogP contribution in [0.2, 0.25) is 0 Å². The molecule has 5 aliphatic rings. The number of hydrogen-bond acceptors (Lipinski definition) is 7. The summed E-state index contributed by atoms with van der Waals surface area (Å²) in [5.41, 5.74) is 0.695. The average Bonchev–Trinajstić information content (AvgIpc) is 3.62. The Bertz CT molecular complexity index is 885. The van der Waals surface area contributed by atoms with Crippen molar-refractivity contribution in [3.05, 3.63) is 11.6 Å². The van der Waals surface area contributed by atoms with E-state index in [0.717, 1.165) is 32.1 Å². The van der Waals surface area contributed by atoms with E-state index in [2.05, 4.69) is 26.8 Å². The Morgan fingerprint density at radius 3 is 2.36 bits per heavy atom. The number of hydrogen-bond donors (Lipinski definition) is 0. The molecule has 0 bridgehead atoms. The molecule has 3 saturated heterocycles. The van der Waals surface area contributed by atoms with Gasteiger partial charge in [0.2, 0.25) is 0 Å². The number of rotatable bonds is 6. The van der Waals surface area contributed by atoms with Gasteiger partial charge in [-0.25, -0.2) is 9.59 Å². The molecule has 5 fully saturated rings. The summed E-state index contributed by atoms with van der Waals surface area (Å²) in [5, 5.41) is 0. The molecule has 3 aliphatic heterocycles. The number of amides is 2. The molecule has 2 saturated carbocycles. The number of methoxy groups -OCH3 is 1. The third-order valence-corrected chi connectivity index (χ3v) is 9.09. The summed E-state index contributed by atoms with van der Waals surface area (Å²) in [6.45, 7) is 8.35. The Kier molecular flexibility index (Phi) is 6.79. The maximum atomic E-state index is 13.2. The van der Waals surface area contributed by atoms with Crippen molar-refractivity contribution in [1.82, 2.24) is 9.80 Å². The molecule has 0 N–H and O–H groups in total. The van der Waals surface area contributed by atoms with Crippen LogP contribution in [0.4, 0.5) is 9.59 Å². The van der Waals surface area contributed by atoms with Crippen molar-refractivity contribution in [2.24, 2.45) is 17.8 Å². The molecule has 3 heterocycles. The zero-order chi connectivity index (χ0) is 25.8. The number of likely N-dealkylation sites (tertiary alicyclic amines) is 1. The smallest absolute Gasteiger partial charge is 0.410 e. The van der Waals surface area contributed by atoms with E-state index in [1.165, 1.54) is 10.5 Å². The van der Waals surface area contributed by atoms with Gasteiger partial charge in [-0.05, 0) is 64.7 Å². The lowest BCUT2D eigenvalue weighted by atomic mass is 9.68. The lowest BCUT2D eigenvalue weighted by molar-refractivity contribution is -0.121. The minimum absolute atomic E-state index is 0.0159. The molecule has 0 radical (unpaired) electrons. The molecular formula is C27H42N2O7. The fourth-order valence-corrected chi connectivity index (χ4v) is 7.01. The molecule has 2 amide bonds. The van der Waals surface area contributed by atoms with Gasteiger partial charge in [0.1, 0.15) is 29.5 Å². The quantitative estimate of drug-likeness (QED) is 0.401. The maximum Gasteiger partial charge on any atom is 0.410 e. The summed E-state index contributed by atoms with van der Waals surface area (Å²) in [7, 11) is 5.08. The van der Waals surface area contributed by atoms with Crippen LogP contribution in [0, 0.1) is 17.8 Å². The standard InChI is InChI=1S/C27H42N2O7/c1-16(2)7-8-21-26(3,36-21)23-22(32-6)20(9-10-27(23)15-33-27)35-25(31)29-13-17-11-19(12-18(17)14-29)34-24(30)28(4)5/h7,17-23H,8-15H2,1-6H3/t17-,18+,19+,20-,21-,22-,23?,26+,27+/m1/s1. The maximum absolute atomic E-state index is 13.2. The molecule has 9 atom stereocenters. The molecule has 0 aromatic rings. The summed E-state index contributed by atoms with van der Waals surface area (Å²) < 4.78 is 30.0. The summed E-state index contributed by atoms with van der Waals surface area (Å²) in [4.78, 5) is 28.4. The van der Waals surface area contributed by atoms with Gasteiger partial charge in [-0.1, -0.05) is 11.6 Å². The van der Waals surface area contributed by atoms with Gasteiger partial charge in [0.25, 0.3) is 0 Å².